The molecule has 134 valence electrons. The van der Waals surface area contributed by atoms with Gasteiger partial charge < -0.3 is 20.1 Å². The van der Waals surface area contributed by atoms with E-state index in [1.165, 1.54) is 0 Å². The molecule has 1 aromatic carbocycles. The number of aromatic amines is 1. The molecule has 1 atom stereocenters. The maximum atomic E-state index is 12.2. The van der Waals surface area contributed by atoms with Crippen molar-refractivity contribution in [1.29, 1.82) is 0 Å². The van der Waals surface area contributed by atoms with Crippen LogP contribution in [0.4, 0.5) is 5.69 Å². The first-order valence-corrected chi connectivity index (χ1v) is 8.60. The minimum absolute atomic E-state index is 0.248. The van der Waals surface area contributed by atoms with Crippen LogP contribution in [0.15, 0.2) is 22.7 Å². The number of esters is 1. The second-order valence-electron chi connectivity index (χ2n) is 5.95. The number of benzene rings is 1. The minimum Gasteiger partial charge on any atom is -0.451 e. The molecule has 0 bridgehead atoms. The first-order chi connectivity index (χ1) is 11.7. The van der Waals surface area contributed by atoms with Gasteiger partial charge in [0.2, 0.25) is 0 Å². The lowest BCUT2D eigenvalue weighted by Gasteiger charge is -2.09. The summed E-state index contributed by atoms with van der Waals surface area (Å²) in [6, 6.07) is 5.52. The molecule has 0 saturated heterocycles. The van der Waals surface area contributed by atoms with Crippen LogP contribution < -0.4 is 5.32 Å². The number of aliphatic hydroxyl groups is 1. The normalized spacial score (nSPS) is 11.9. The Morgan fingerprint density at radius 2 is 2.00 bits per heavy atom. The summed E-state index contributed by atoms with van der Waals surface area (Å²) in [5, 5.41) is 12.4. The highest BCUT2D eigenvalue weighted by molar-refractivity contribution is 9.10. The number of anilines is 1. The Morgan fingerprint density at radius 1 is 1.32 bits per heavy atom. The number of nitrogens with one attached hydrogen (secondary N) is 2. The molecule has 25 heavy (non-hydrogen) atoms. The predicted molar refractivity (Wildman–Crippen MR) is 98.7 cm³/mol. The summed E-state index contributed by atoms with van der Waals surface area (Å²) in [6.07, 6.45) is -0.694. The molecule has 1 aromatic heterocycles. The van der Waals surface area contributed by atoms with Crippen molar-refractivity contribution < 1.29 is 19.4 Å². The van der Waals surface area contributed by atoms with E-state index in [2.05, 4.69) is 26.2 Å². The van der Waals surface area contributed by atoms with Crippen LogP contribution in [0.5, 0.6) is 0 Å². The van der Waals surface area contributed by atoms with Gasteiger partial charge >= 0.3 is 5.97 Å². The third-order valence-corrected chi connectivity index (χ3v) is 4.51. The second kappa shape index (κ2) is 7.84. The molecule has 0 aliphatic heterocycles. The summed E-state index contributed by atoms with van der Waals surface area (Å²) >= 11 is 3.37. The van der Waals surface area contributed by atoms with Crippen molar-refractivity contribution in [2.75, 3.05) is 11.9 Å². The van der Waals surface area contributed by atoms with Crippen molar-refractivity contribution in [1.82, 2.24) is 4.98 Å². The number of carbonyl (C=O) groups is 2. The summed E-state index contributed by atoms with van der Waals surface area (Å²) in [5.74, 6) is -1.07. The van der Waals surface area contributed by atoms with Gasteiger partial charge in [-0.05, 0) is 66.9 Å². The van der Waals surface area contributed by atoms with Gasteiger partial charge in [-0.25, -0.2) is 4.79 Å². The molecule has 3 N–H and O–H groups in total. The molecule has 0 aliphatic rings. The van der Waals surface area contributed by atoms with Gasteiger partial charge in [-0.15, -0.1) is 0 Å². The molecule has 0 fully saturated rings. The fourth-order valence-electron chi connectivity index (χ4n) is 2.71. The number of H-pyrrole nitrogens is 1. The van der Waals surface area contributed by atoms with E-state index in [1.54, 1.807) is 26.8 Å². The fraction of sp³-hybridized carbons (Fsp3) is 0.333. The Hall–Kier alpha value is -2.12. The Bertz CT molecular complexity index is 812. The molecule has 0 radical (unpaired) electrons. The van der Waals surface area contributed by atoms with Crippen LogP contribution in [-0.4, -0.2) is 28.6 Å². The average molecular weight is 409 g/mol. The van der Waals surface area contributed by atoms with Gasteiger partial charge in [0.25, 0.3) is 5.91 Å². The minimum atomic E-state index is -0.694. The standard InChI is InChI=1S/C18H21BrN2O4/c1-9-5-6-14(13(19)7-9)21-15(23)8-25-18(24)17-10(2)16(12(4)22)11(3)20-17/h5-7,12,20,22H,8H2,1-4H3,(H,21,23)/t12-/m0/s1. The maximum absolute atomic E-state index is 12.2. The number of hydrogen-bond donors (Lipinski definition) is 3. The van der Waals surface area contributed by atoms with Crippen molar-refractivity contribution in [2.24, 2.45) is 0 Å². The van der Waals surface area contributed by atoms with Gasteiger partial charge in [0, 0.05) is 15.7 Å². The lowest BCUT2D eigenvalue weighted by Crippen LogP contribution is -2.21. The molecule has 0 aliphatic carbocycles. The van der Waals surface area contributed by atoms with Gasteiger partial charge in [0.15, 0.2) is 6.61 Å². The van der Waals surface area contributed by atoms with Crippen LogP contribution in [0.25, 0.3) is 0 Å². The molecule has 1 amide bonds. The van der Waals surface area contributed by atoms with E-state index >= 15 is 0 Å². The molecule has 1 heterocycles. The molecule has 2 rings (SSSR count). The van der Waals surface area contributed by atoms with Crippen molar-refractivity contribution in [3.63, 3.8) is 0 Å². The number of aliphatic hydroxyl groups excluding tert-OH is 1. The molecule has 2 aromatic rings. The van der Waals surface area contributed by atoms with Crippen molar-refractivity contribution in [3.05, 3.63) is 50.8 Å². The summed E-state index contributed by atoms with van der Waals surface area (Å²) in [5.41, 5.74) is 3.90. The number of aromatic nitrogens is 1. The lowest BCUT2D eigenvalue weighted by atomic mass is 10.1. The summed E-state index contributed by atoms with van der Waals surface area (Å²) in [6.45, 7) is 6.67. The van der Waals surface area contributed by atoms with Crippen LogP contribution in [0.2, 0.25) is 0 Å². The summed E-state index contributed by atoms with van der Waals surface area (Å²) in [4.78, 5) is 27.1. The molecule has 7 heteroatoms. The van der Waals surface area contributed by atoms with Crippen molar-refractivity contribution >= 4 is 33.5 Å². The number of amides is 1. The van der Waals surface area contributed by atoms with E-state index in [0.717, 1.165) is 10.0 Å². The molecule has 0 saturated carbocycles. The SMILES string of the molecule is Cc1ccc(NC(=O)COC(=O)c2[nH]c(C)c([C@H](C)O)c2C)c(Br)c1. The van der Waals surface area contributed by atoms with Crippen LogP contribution in [-0.2, 0) is 9.53 Å². The highest BCUT2D eigenvalue weighted by Crippen LogP contribution is 2.25. The predicted octanol–water partition coefficient (Wildman–Crippen LogP) is 3.55. The van der Waals surface area contributed by atoms with Gasteiger partial charge in [-0.2, -0.15) is 0 Å². The molecule has 0 spiro atoms. The molecule has 6 nitrogen and oxygen atoms in total. The van der Waals surface area contributed by atoms with Crippen LogP contribution in [0, 0.1) is 20.8 Å². The van der Waals surface area contributed by atoms with Crippen molar-refractivity contribution in [3.8, 4) is 0 Å². The van der Waals surface area contributed by atoms with E-state index in [0.29, 0.717) is 22.5 Å². The quantitative estimate of drug-likeness (QED) is 0.659. The number of hydrogen-bond acceptors (Lipinski definition) is 4. The zero-order chi connectivity index (χ0) is 18.7. The van der Waals surface area contributed by atoms with Crippen LogP contribution in [0.1, 0.15) is 45.9 Å². The topological polar surface area (TPSA) is 91.4 Å². The second-order valence-corrected chi connectivity index (χ2v) is 6.80. The Labute approximate surface area is 154 Å². The lowest BCUT2D eigenvalue weighted by molar-refractivity contribution is -0.119. The van der Waals surface area contributed by atoms with E-state index in [-0.39, 0.29) is 5.69 Å². The van der Waals surface area contributed by atoms with E-state index in [9.17, 15) is 14.7 Å². The molecule has 0 unspecified atom stereocenters. The highest BCUT2D eigenvalue weighted by Gasteiger charge is 2.21. The largest absolute Gasteiger partial charge is 0.451 e. The average Bonchev–Trinajstić information content (AvgIpc) is 2.82. The van der Waals surface area contributed by atoms with Crippen molar-refractivity contribution in [2.45, 2.75) is 33.8 Å². The first-order valence-electron chi connectivity index (χ1n) is 7.81. The van der Waals surface area contributed by atoms with Gasteiger partial charge in [0.05, 0.1) is 11.8 Å². The number of ether oxygens (including phenoxy) is 1. The van der Waals surface area contributed by atoms with Crippen LogP contribution in [0.3, 0.4) is 0 Å². The maximum Gasteiger partial charge on any atom is 0.355 e. The Balaban J connectivity index is 2.00. The Morgan fingerprint density at radius 3 is 2.56 bits per heavy atom. The van der Waals surface area contributed by atoms with Gasteiger partial charge in [0.1, 0.15) is 5.69 Å². The third kappa shape index (κ3) is 4.49. The number of rotatable bonds is 5. The van der Waals surface area contributed by atoms with E-state index < -0.39 is 24.6 Å². The zero-order valence-electron chi connectivity index (χ0n) is 14.6. The van der Waals surface area contributed by atoms with Gasteiger partial charge in [-0.1, -0.05) is 6.07 Å². The monoisotopic (exact) mass is 408 g/mol. The van der Waals surface area contributed by atoms with Crippen LogP contribution >= 0.6 is 15.9 Å². The summed E-state index contributed by atoms with van der Waals surface area (Å²) in [7, 11) is 0. The zero-order valence-corrected chi connectivity index (χ0v) is 16.2. The number of carbonyl (C=O) groups excluding carboxylic acids is 2. The van der Waals surface area contributed by atoms with E-state index in [4.69, 9.17) is 4.74 Å². The smallest absolute Gasteiger partial charge is 0.355 e. The highest BCUT2D eigenvalue weighted by atomic mass is 79.9. The summed E-state index contributed by atoms with van der Waals surface area (Å²) < 4.78 is 5.83. The molecular formula is C18H21BrN2O4. The third-order valence-electron chi connectivity index (χ3n) is 3.85. The van der Waals surface area contributed by atoms with E-state index in [1.807, 2.05) is 19.1 Å². The fourth-order valence-corrected chi connectivity index (χ4v) is 3.30. The number of halogens is 1. The molecular weight excluding hydrogens is 388 g/mol. The Kier molecular flexibility index (Phi) is 6.02. The number of aryl methyl sites for hydroxylation is 2. The van der Waals surface area contributed by atoms with Gasteiger partial charge in [-0.3, -0.25) is 4.79 Å². The first kappa shape index (κ1) is 19.2.